The first kappa shape index (κ1) is 23.1. The highest BCUT2D eigenvalue weighted by atomic mass is 32.2. The summed E-state index contributed by atoms with van der Waals surface area (Å²) in [7, 11) is -2.25. The van der Waals surface area contributed by atoms with E-state index in [2.05, 4.69) is 23.5 Å². The van der Waals surface area contributed by atoms with Gasteiger partial charge in [-0.15, -0.1) is 0 Å². The number of rotatable bonds is 7. The van der Waals surface area contributed by atoms with Crippen LogP contribution in [0.1, 0.15) is 55.0 Å². The minimum Gasteiger partial charge on any atom is -0.495 e. The molecule has 168 valence electrons. The van der Waals surface area contributed by atoms with Crippen molar-refractivity contribution in [2.24, 2.45) is 0 Å². The van der Waals surface area contributed by atoms with E-state index in [4.69, 9.17) is 4.74 Å². The first-order chi connectivity index (χ1) is 14.6. The summed E-state index contributed by atoms with van der Waals surface area (Å²) in [5.41, 5.74) is 4.99. The number of nitrogens with zero attached hydrogens (tertiary/aromatic N) is 1. The van der Waals surface area contributed by atoms with Crippen molar-refractivity contribution in [3.63, 3.8) is 0 Å². The Hall–Kier alpha value is -2.54. The van der Waals surface area contributed by atoms with E-state index in [9.17, 15) is 13.2 Å². The van der Waals surface area contributed by atoms with Crippen LogP contribution in [0.4, 0.5) is 5.69 Å². The highest BCUT2D eigenvalue weighted by Gasteiger charge is 2.32. The lowest BCUT2D eigenvalue weighted by molar-refractivity contribution is -0.122. The van der Waals surface area contributed by atoms with Gasteiger partial charge < -0.3 is 10.1 Å². The van der Waals surface area contributed by atoms with Gasteiger partial charge in [0.05, 0.1) is 25.1 Å². The Morgan fingerprint density at radius 3 is 2.39 bits per heavy atom. The van der Waals surface area contributed by atoms with Crippen LogP contribution in [-0.4, -0.2) is 33.7 Å². The number of fused-ring (bicyclic) bond motifs is 1. The molecule has 0 saturated heterocycles. The number of amides is 1. The van der Waals surface area contributed by atoms with Crippen LogP contribution in [0.15, 0.2) is 36.4 Å². The molecule has 7 heteroatoms. The van der Waals surface area contributed by atoms with Crippen molar-refractivity contribution < 1.29 is 17.9 Å². The van der Waals surface area contributed by atoms with Crippen LogP contribution in [-0.2, 0) is 27.7 Å². The van der Waals surface area contributed by atoms with E-state index in [0.29, 0.717) is 11.4 Å². The number of aryl methyl sites for hydroxylation is 3. The summed E-state index contributed by atoms with van der Waals surface area (Å²) in [6, 6.07) is 10.5. The third kappa shape index (κ3) is 5.21. The third-order valence-electron chi connectivity index (χ3n) is 5.89. The molecule has 2 unspecified atom stereocenters. The molecule has 2 aromatic rings. The smallest absolute Gasteiger partial charge is 0.244 e. The molecule has 0 bridgehead atoms. The topological polar surface area (TPSA) is 75.7 Å². The Balaban J connectivity index is 1.85. The van der Waals surface area contributed by atoms with Gasteiger partial charge in [0.1, 0.15) is 11.8 Å². The van der Waals surface area contributed by atoms with Gasteiger partial charge >= 0.3 is 0 Å². The maximum absolute atomic E-state index is 13.1. The van der Waals surface area contributed by atoms with Crippen LogP contribution in [0.3, 0.4) is 0 Å². The molecule has 0 radical (unpaired) electrons. The van der Waals surface area contributed by atoms with Crippen molar-refractivity contribution in [2.75, 3.05) is 17.7 Å². The predicted octanol–water partition coefficient (Wildman–Crippen LogP) is 3.91. The molecular weight excluding hydrogens is 412 g/mol. The van der Waals surface area contributed by atoms with E-state index in [1.165, 1.54) is 31.1 Å². The van der Waals surface area contributed by atoms with Crippen LogP contribution < -0.4 is 14.4 Å². The molecule has 31 heavy (non-hydrogen) atoms. The van der Waals surface area contributed by atoms with Crippen molar-refractivity contribution in [1.29, 1.82) is 0 Å². The molecular formula is C24H32N2O4S. The minimum atomic E-state index is -3.73. The number of anilines is 1. The van der Waals surface area contributed by atoms with Gasteiger partial charge in [-0.05, 0) is 80.8 Å². The zero-order valence-electron chi connectivity index (χ0n) is 18.9. The Morgan fingerprint density at radius 2 is 1.74 bits per heavy atom. The first-order valence-corrected chi connectivity index (χ1v) is 12.5. The van der Waals surface area contributed by atoms with Crippen molar-refractivity contribution in [3.05, 3.63) is 58.7 Å². The summed E-state index contributed by atoms with van der Waals surface area (Å²) in [4.78, 5) is 13.1. The van der Waals surface area contributed by atoms with E-state index in [1.807, 2.05) is 19.9 Å². The van der Waals surface area contributed by atoms with Gasteiger partial charge in [-0.25, -0.2) is 8.42 Å². The van der Waals surface area contributed by atoms with Crippen LogP contribution in [0.25, 0.3) is 0 Å². The average molecular weight is 445 g/mol. The highest BCUT2D eigenvalue weighted by molar-refractivity contribution is 7.92. The maximum atomic E-state index is 13.1. The van der Waals surface area contributed by atoms with Gasteiger partial charge in [-0.1, -0.05) is 24.3 Å². The number of hydrogen-bond donors (Lipinski definition) is 1. The third-order valence-corrected chi connectivity index (χ3v) is 7.12. The van der Waals surface area contributed by atoms with Crippen molar-refractivity contribution in [2.45, 2.75) is 58.5 Å². The van der Waals surface area contributed by atoms with Crippen LogP contribution in [0.5, 0.6) is 5.75 Å². The normalized spacial score (nSPS) is 15.5. The number of hydrogen-bond acceptors (Lipinski definition) is 4. The van der Waals surface area contributed by atoms with Gasteiger partial charge in [-0.3, -0.25) is 9.10 Å². The zero-order valence-corrected chi connectivity index (χ0v) is 19.8. The number of nitrogens with one attached hydrogen (secondary N) is 1. The molecule has 1 N–H and O–H groups in total. The quantitative estimate of drug-likeness (QED) is 0.702. The lowest BCUT2D eigenvalue weighted by Gasteiger charge is -2.30. The van der Waals surface area contributed by atoms with Crippen molar-refractivity contribution in [3.8, 4) is 5.75 Å². The number of carbonyl (C=O) groups is 1. The molecule has 0 heterocycles. The minimum absolute atomic E-state index is 0.233. The van der Waals surface area contributed by atoms with Crippen molar-refractivity contribution in [1.82, 2.24) is 5.32 Å². The van der Waals surface area contributed by atoms with E-state index in [1.54, 1.807) is 19.1 Å². The van der Waals surface area contributed by atoms with Crippen molar-refractivity contribution >= 4 is 21.6 Å². The molecule has 2 aromatic carbocycles. The van der Waals surface area contributed by atoms with Gasteiger partial charge in [0.15, 0.2) is 0 Å². The van der Waals surface area contributed by atoms with Gasteiger partial charge in [-0.2, -0.15) is 0 Å². The van der Waals surface area contributed by atoms with Gasteiger partial charge in [0, 0.05) is 0 Å². The Kier molecular flexibility index (Phi) is 6.94. The fraction of sp³-hybridized carbons (Fsp3) is 0.458. The van der Waals surface area contributed by atoms with Crippen LogP contribution >= 0.6 is 0 Å². The Labute approximate surface area is 185 Å². The summed E-state index contributed by atoms with van der Waals surface area (Å²) >= 11 is 0. The Morgan fingerprint density at radius 1 is 1.06 bits per heavy atom. The number of carbonyl (C=O) groups excluding carboxylic acids is 1. The summed E-state index contributed by atoms with van der Waals surface area (Å²) in [6.45, 7) is 5.39. The van der Waals surface area contributed by atoms with Gasteiger partial charge in [0.2, 0.25) is 15.9 Å². The summed E-state index contributed by atoms with van der Waals surface area (Å²) < 4.78 is 31.8. The number of ether oxygens (including phenoxy) is 1. The molecule has 1 aliphatic rings. The molecule has 0 spiro atoms. The molecule has 0 aromatic heterocycles. The second-order valence-corrected chi connectivity index (χ2v) is 10.2. The average Bonchev–Trinajstić information content (AvgIpc) is 2.72. The first-order valence-electron chi connectivity index (χ1n) is 10.7. The molecule has 1 aliphatic carbocycles. The predicted molar refractivity (Wildman–Crippen MR) is 124 cm³/mol. The molecule has 3 rings (SSSR count). The molecule has 2 atom stereocenters. The van der Waals surface area contributed by atoms with E-state index < -0.39 is 16.1 Å². The highest BCUT2D eigenvalue weighted by Crippen LogP contribution is 2.33. The fourth-order valence-electron chi connectivity index (χ4n) is 4.19. The summed E-state index contributed by atoms with van der Waals surface area (Å²) in [5.74, 6) is 0.0395. The van der Waals surface area contributed by atoms with Crippen LogP contribution in [0, 0.1) is 6.92 Å². The Bertz CT molecular complexity index is 1070. The molecule has 0 fully saturated rings. The second-order valence-electron chi connectivity index (χ2n) is 8.38. The molecule has 6 nitrogen and oxygen atoms in total. The molecule has 0 aliphatic heterocycles. The SMILES string of the molecule is COc1ccc(C)cc1N(C(C)C(=O)NC(C)c1ccc2c(c1)CCCC2)S(C)(=O)=O. The zero-order chi connectivity index (χ0) is 22.8. The number of methoxy groups -OCH3 is 1. The van der Waals surface area contributed by atoms with Crippen LogP contribution in [0.2, 0.25) is 0 Å². The lowest BCUT2D eigenvalue weighted by Crippen LogP contribution is -2.48. The summed E-state index contributed by atoms with van der Waals surface area (Å²) in [5, 5.41) is 2.99. The fourth-order valence-corrected chi connectivity index (χ4v) is 5.36. The summed E-state index contributed by atoms with van der Waals surface area (Å²) in [6.07, 6.45) is 5.69. The number of benzene rings is 2. The van der Waals surface area contributed by atoms with Gasteiger partial charge in [0.25, 0.3) is 0 Å². The lowest BCUT2D eigenvalue weighted by atomic mass is 9.89. The molecule has 0 saturated carbocycles. The standard InChI is InChI=1S/C24H32N2O4S/c1-16-10-13-23(30-4)22(14-16)26(31(5,28)29)18(3)24(27)25-17(2)20-12-11-19-8-6-7-9-21(19)15-20/h10-15,17-18H,6-9H2,1-5H3,(H,25,27). The largest absolute Gasteiger partial charge is 0.495 e. The number of sulfonamides is 1. The van der Waals surface area contributed by atoms with E-state index in [0.717, 1.165) is 34.5 Å². The molecule has 1 amide bonds. The maximum Gasteiger partial charge on any atom is 0.244 e. The van der Waals surface area contributed by atoms with E-state index >= 15 is 0 Å². The second kappa shape index (κ2) is 9.30. The monoisotopic (exact) mass is 444 g/mol. The van der Waals surface area contributed by atoms with E-state index in [-0.39, 0.29) is 11.9 Å².